The smallest absolute Gasteiger partial charge is 0.230 e. The lowest BCUT2D eigenvalue weighted by atomic mass is 10.3. The van der Waals surface area contributed by atoms with Crippen molar-refractivity contribution >= 4 is 22.9 Å². The number of furan rings is 1. The SMILES string of the molecule is Cc1ccc(-c2nc(CC(=O)Nc3ccncc3)cs2)o1. The first-order valence-corrected chi connectivity index (χ1v) is 7.30. The van der Waals surface area contributed by atoms with Crippen molar-refractivity contribution in [3.63, 3.8) is 0 Å². The third-order valence-electron chi connectivity index (χ3n) is 2.81. The molecule has 0 atom stereocenters. The number of pyridine rings is 1. The van der Waals surface area contributed by atoms with Gasteiger partial charge in [0.05, 0.1) is 12.1 Å². The summed E-state index contributed by atoms with van der Waals surface area (Å²) in [6, 6.07) is 7.27. The lowest BCUT2D eigenvalue weighted by molar-refractivity contribution is -0.115. The molecule has 3 aromatic heterocycles. The van der Waals surface area contributed by atoms with Gasteiger partial charge in [0.2, 0.25) is 5.91 Å². The molecule has 0 aliphatic carbocycles. The second kappa shape index (κ2) is 5.88. The molecule has 5 nitrogen and oxygen atoms in total. The van der Waals surface area contributed by atoms with Gasteiger partial charge >= 0.3 is 0 Å². The molecule has 0 saturated heterocycles. The highest BCUT2D eigenvalue weighted by Crippen LogP contribution is 2.25. The number of amides is 1. The molecule has 3 aromatic rings. The predicted molar refractivity (Wildman–Crippen MR) is 81.1 cm³/mol. The van der Waals surface area contributed by atoms with Crippen molar-refractivity contribution in [1.82, 2.24) is 9.97 Å². The molecule has 0 radical (unpaired) electrons. The number of nitrogens with zero attached hydrogens (tertiary/aromatic N) is 2. The third kappa shape index (κ3) is 3.35. The second-order valence-electron chi connectivity index (χ2n) is 4.52. The molecule has 21 heavy (non-hydrogen) atoms. The van der Waals surface area contributed by atoms with E-state index in [1.54, 1.807) is 24.5 Å². The molecular formula is C15H13N3O2S. The summed E-state index contributed by atoms with van der Waals surface area (Å²) in [5.41, 5.74) is 1.46. The maximum Gasteiger partial charge on any atom is 0.230 e. The highest BCUT2D eigenvalue weighted by Gasteiger charge is 2.11. The summed E-state index contributed by atoms with van der Waals surface area (Å²) in [5.74, 6) is 1.48. The van der Waals surface area contributed by atoms with E-state index >= 15 is 0 Å². The Morgan fingerprint density at radius 3 is 2.81 bits per heavy atom. The van der Waals surface area contributed by atoms with Gasteiger partial charge in [-0.1, -0.05) is 0 Å². The molecule has 0 spiro atoms. The van der Waals surface area contributed by atoms with Crippen LogP contribution >= 0.6 is 11.3 Å². The molecular weight excluding hydrogens is 286 g/mol. The molecule has 0 aliphatic heterocycles. The fraction of sp³-hybridized carbons (Fsp3) is 0.133. The van der Waals surface area contributed by atoms with Crippen molar-refractivity contribution in [3.8, 4) is 10.8 Å². The minimum Gasteiger partial charge on any atom is -0.459 e. The lowest BCUT2D eigenvalue weighted by Crippen LogP contribution is -2.14. The molecule has 0 unspecified atom stereocenters. The summed E-state index contributed by atoms with van der Waals surface area (Å²) in [5, 5.41) is 5.47. The minimum absolute atomic E-state index is 0.103. The summed E-state index contributed by atoms with van der Waals surface area (Å²) >= 11 is 1.47. The van der Waals surface area contributed by atoms with E-state index in [1.165, 1.54) is 11.3 Å². The van der Waals surface area contributed by atoms with Crippen LogP contribution in [0.15, 0.2) is 46.5 Å². The van der Waals surface area contributed by atoms with Crippen LogP contribution in [-0.2, 0) is 11.2 Å². The first-order chi connectivity index (χ1) is 10.2. The molecule has 0 bridgehead atoms. The summed E-state index contributed by atoms with van der Waals surface area (Å²) in [6.07, 6.45) is 3.50. The van der Waals surface area contributed by atoms with Crippen molar-refractivity contribution in [2.45, 2.75) is 13.3 Å². The number of anilines is 1. The standard InChI is InChI=1S/C15H13N3O2S/c1-10-2-3-13(20-10)15-18-12(9-21-15)8-14(19)17-11-4-6-16-7-5-11/h2-7,9H,8H2,1H3,(H,16,17,19). The van der Waals surface area contributed by atoms with E-state index in [1.807, 2.05) is 24.4 Å². The van der Waals surface area contributed by atoms with E-state index in [4.69, 9.17) is 4.42 Å². The molecule has 3 rings (SSSR count). The van der Waals surface area contributed by atoms with Crippen LogP contribution in [0, 0.1) is 6.92 Å². The van der Waals surface area contributed by atoms with Gasteiger partial charge in [-0.3, -0.25) is 9.78 Å². The quantitative estimate of drug-likeness (QED) is 0.802. The van der Waals surface area contributed by atoms with Crippen LogP contribution in [0.5, 0.6) is 0 Å². The summed E-state index contributed by atoms with van der Waals surface area (Å²) in [4.78, 5) is 20.3. The summed E-state index contributed by atoms with van der Waals surface area (Å²) in [7, 11) is 0. The Morgan fingerprint density at radius 2 is 2.10 bits per heavy atom. The van der Waals surface area contributed by atoms with Gasteiger partial charge in [-0.05, 0) is 31.2 Å². The Morgan fingerprint density at radius 1 is 1.29 bits per heavy atom. The highest BCUT2D eigenvalue weighted by atomic mass is 32.1. The van der Waals surface area contributed by atoms with Crippen molar-refractivity contribution in [1.29, 1.82) is 0 Å². The van der Waals surface area contributed by atoms with Crippen LogP contribution in [0.25, 0.3) is 10.8 Å². The van der Waals surface area contributed by atoms with Gasteiger partial charge in [0.25, 0.3) is 0 Å². The van der Waals surface area contributed by atoms with Gasteiger partial charge < -0.3 is 9.73 Å². The molecule has 1 N–H and O–H groups in total. The van der Waals surface area contributed by atoms with Crippen molar-refractivity contribution < 1.29 is 9.21 Å². The summed E-state index contributed by atoms with van der Waals surface area (Å²) in [6.45, 7) is 1.89. The second-order valence-corrected chi connectivity index (χ2v) is 5.37. The number of thiazole rings is 1. The molecule has 1 amide bonds. The van der Waals surface area contributed by atoms with Crippen molar-refractivity contribution in [2.75, 3.05) is 5.32 Å². The number of hydrogen-bond acceptors (Lipinski definition) is 5. The molecule has 106 valence electrons. The molecule has 0 fully saturated rings. The van der Waals surface area contributed by atoms with Crippen molar-refractivity contribution in [2.24, 2.45) is 0 Å². The van der Waals surface area contributed by atoms with Gasteiger partial charge in [-0.15, -0.1) is 11.3 Å². The average Bonchev–Trinajstić information content (AvgIpc) is 3.09. The Hall–Kier alpha value is -2.47. The van der Waals surface area contributed by atoms with Crippen LogP contribution in [-0.4, -0.2) is 15.9 Å². The Balaban J connectivity index is 1.66. The zero-order valence-electron chi connectivity index (χ0n) is 11.4. The first-order valence-electron chi connectivity index (χ1n) is 6.42. The number of carbonyl (C=O) groups is 1. The largest absolute Gasteiger partial charge is 0.459 e. The Kier molecular flexibility index (Phi) is 3.79. The topological polar surface area (TPSA) is 68.0 Å². The van der Waals surface area contributed by atoms with Gasteiger partial charge in [-0.25, -0.2) is 4.98 Å². The average molecular weight is 299 g/mol. The minimum atomic E-state index is -0.103. The van der Waals surface area contributed by atoms with E-state index in [0.717, 1.165) is 27.9 Å². The Bertz CT molecular complexity index is 749. The predicted octanol–water partition coefficient (Wildman–Crippen LogP) is 3.29. The van der Waals surface area contributed by atoms with E-state index in [-0.39, 0.29) is 12.3 Å². The zero-order chi connectivity index (χ0) is 14.7. The van der Waals surface area contributed by atoms with E-state index < -0.39 is 0 Å². The number of nitrogens with one attached hydrogen (secondary N) is 1. The van der Waals surface area contributed by atoms with Crippen molar-refractivity contribution in [3.05, 3.63) is 53.5 Å². The van der Waals surface area contributed by atoms with E-state index in [0.29, 0.717) is 0 Å². The maximum absolute atomic E-state index is 11.9. The van der Waals surface area contributed by atoms with Gasteiger partial charge in [-0.2, -0.15) is 0 Å². The van der Waals surface area contributed by atoms with Crippen LogP contribution in [0.3, 0.4) is 0 Å². The van der Waals surface area contributed by atoms with Gasteiger partial charge in [0.15, 0.2) is 10.8 Å². The number of carbonyl (C=O) groups excluding carboxylic acids is 1. The number of hydrogen-bond donors (Lipinski definition) is 1. The molecule has 6 heteroatoms. The molecule has 0 saturated carbocycles. The first kappa shape index (κ1) is 13.5. The maximum atomic E-state index is 11.9. The van der Waals surface area contributed by atoms with E-state index in [2.05, 4.69) is 15.3 Å². The normalized spacial score (nSPS) is 10.5. The monoisotopic (exact) mass is 299 g/mol. The van der Waals surface area contributed by atoms with Crippen LogP contribution in [0.4, 0.5) is 5.69 Å². The van der Waals surface area contributed by atoms with Gasteiger partial charge in [0, 0.05) is 23.5 Å². The highest BCUT2D eigenvalue weighted by molar-refractivity contribution is 7.13. The van der Waals surface area contributed by atoms with Crippen LogP contribution in [0.2, 0.25) is 0 Å². The molecule has 0 aromatic carbocycles. The van der Waals surface area contributed by atoms with Crippen LogP contribution in [0.1, 0.15) is 11.5 Å². The van der Waals surface area contributed by atoms with Crippen LogP contribution < -0.4 is 5.32 Å². The zero-order valence-corrected chi connectivity index (χ0v) is 12.2. The summed E-state index contributed by atoms with van der Waals surface area (Å²) < 4.78 is 5.52. The fourth-order valence-corrected chi connectivity index (χ4v) is 2.64. The third-order valence-corrected chi connectivity index (χ3v) is 3.71. The van der Waals surface area contributed by atoms with E-state index in [9.17, 15) is 4.79 Å². The molecule has 3 heterocycles. The fourth-order valence-electron chi connectivity index (χ4n) is 1.86. The van der Waals surface area contributed by atoms with Gasteiger partial charge in [0.1, 0.15) is 5.76 Å². The number of aryl methyl sites for hydroxylation is 1. The molecule has 0 aliphatic rings. The lowest BCUT2D eigenvalue weighted by Gasteiger charge is -2.02. The number of rotatable bonds is 4. The Labute approximate surface area is 125 Å². The number of aromatic nitrogens is 2.